The number of amides is 1. The highest BCUT2D eigenvalue weighted by Gasteiger charge is 2.28. The van der Waals surface area contributed by atoms with Crippen LogP contribution in [0, 0.1) is 0 Å². The number of hydrogen-bond acceptors (Lipinski definition) is 4. The van der Waals surface area contributed by atoms with Crippen molar-refractivity contribution in [2.75, 3.05) is 11.9 Å². The van der Waals surface area contributed by atoms with Crippen LogP contribution in [0.5, 0.6) is 0 Å². The molecule has 0 radical (unpaired) electrons. The summed E-state index contributed by atoms with van der Waals surface area (Å²) >= 11 is 0. The van der Waals surface area contributed by atoms with Crippen LogP contribution >= 0.6 is 0 Å². The largest absolute Gasteiger partial charge is 0.440 e. The first-order chi connectivity index (χ1) is 10.8. The lowest BCUT2D eigenvalue weighted by Gasteiger charge is -2.11. The number of aromatic nitrogens is 1. The fourth-order valence-electron chi connectivity index (χ4n) is 2.80. The van der Waals surface area contributed by atoms with Crippen LogP contribution in [0.25, 0.3) is 11.3 Å². The highest BCUT2D eigenvalue weighted by Crippen LogP contribution is 2.40. The van der Waals surface area contributed by atoms with E-state index in [-0.39, 0.29) is 11.9 Å². The van der Waals surface area contributed by atoms with Crippen molar-refractivity contribution in [2.24, 2.45) is 0 Å². The number of rotatable bonds is 4. The van der Waals surface area contributed by atoms with E-state index in [1.54, 1.807) is 6.20 Å². The highest BCUT2D eigenvalue weighted by atomic mass is 16.4. The minimum absolute atomic E-state index is 0.0425. The third-order valence-electron chi connectivity index (χ3n) is 4.26. The van der Waals surface area contributed by atoms with Crippen molar-refractivity contribution in [1.29, 1.82) is 0 Å². The molecule has 114 valence electrons. The summed E-state index contributed by atoms with van der Waals surface area (Å²) in [5.41, 5.74) is 1.79. The van der Waals surface area contributed by atoms with Crippen LogP contribution in [0.1, 0.15) is 37.5 Å². The second-order valence-corrected chi connectivity index (χ2v) is 6.05. The standard InChI is InChI=1S/C17H19N3O2/c21-16(14-2-1-9-18-14)20-13-7-5-11(6-8-13)15-10-19-17(22-15)12-3-4-12/h5-8,10,12,14,18H,1-4,9H2,(H,20,21). The fourth-order valence-corrected chi connectivity index (χ4v) is 2.80. The molecule has 1 amide bonds. The molecular weight excluding hydrogens is 278 g/mol. The van der Waals surface area contributed by atoms with Gasteiger partial charge < -0.3 is 15.1 Å². The van der Waals surface area contributed by atoms with Crippen LogP contribution in [0.4, 0.5) is 5.69 Å². The van der Waals surface area contributed by atoms with E-state index in [1.165, 1.54) is 12.8 Å². The summed E-state index contributed by atoms with van der Waals surface area (Å²) < 4.78 is 5.79. The zero-order valence-electron chi connectivity index (χ0n) is 12.3. The molecule has 4 rings (SSSR count). The molecule has 2 heterocycles. The molecule has 2 aromatic rings. The topological polar surface area (TPSA) is 67.2 Å². The molecule has 1 aromatic carbocycles. The molecule has 1 atom stereocenters. The first-order valence-corrected chi connectivity index (χ1v) is 7.90. The Hall–Kier alpha value is -2.14. The van der Waals surface area contributed by atoms with Crippen LogP contribution in [0.15, 0.2) is 34.9 Å². The van der Waals surface area contributed by atoms with Crippen molar-refractivity contribution < 1.29 is 9.21 Å². The van der Waals surface area contributed by atoms with Crippen molar-refractivity contribution in [3.05, 3.63) is 36.4 Å². The van der Waals surface area contributed by atoms with Gasteiger partial charge in [0.25, 0.3) is 0 Å². The van der Waals surface area contributed by atoms with E-state index in [4.69, 9.17) is 4.42 Å². The summed E-state index contributed by atoms with van der Waals surface area (Å²) in [5.74, 6) is 2.20. The molecule has 0 spiro atoms. The third-order valence-corrected chi connectivity index (χ3v) is 4.26. The molecule has 22 heavy (non-hydrogen) atoms. The predicted octanol–water partition coefficient (Wildman–Crippen LogP) is 2.91. The Morgan fingerprint density at radius 3 is 2.73 bits per heavy atom. The number of nitrogens with one attached hydrogen (secondary N) is 2. The second kappa shape index (κ2) is 5.57. The molecule has 1 saturated heterocycles. The average Bonchev–Trinajstić information content (AvgIpc) is 3.05. The maximum atomic E-state index is 12.1. The molecular formula is C17H19N3O2. The van der Waals surface area contributed by atoms with E-state index >= 15 is 0 Å². The summed E-state index contributed by atoms with van der Waals surface area (Å²) in [6.07, 6.45) is 6.11. The van der Waals surface area contributed by atoms with Crippen LogP contribution < -0.4 is 10.6 Å². The summed E-state index contributed by atoms with van der Waals surface area (Å²) in [5, 5.41) is 6.15. The number of carbonyl (C=O) groups is 1. The molecule has 2 N–H and O–H groups in total. The van der Waals surface area contributed by atoms with Gasteiger partial charge in [0.1, 0.15) is 0 Å². The second-order valence-electron chi connectivity index (χ2n) is 6.05. The zero-order valence-corrected chi connectivity index (χ0v) is 12.3. The number of benzene rings is 1. The quantitative estimate of drug-likeness (QED) is 0.910. The fraction of sp³-hybridized carbons (Fsp3) is 0.412. The Bertz CT molecular complexity index is 667. The van der Waals surface area contributed by atoms with Crippen LogP contribution in [0.3, 0.4) is 0 Å². The van der Waals surface area contributed by atoms with Gasteiger partial charge in [0.2, 0.25) is 5.91 Å². The van der Waals surface area contributed by atoms with Crippen LogP contribution in [-0.2, 0) is 4.79 Å². The van der Waals surface area contributed by atoms with Gasteiger partial charge in [0, 0.05) is 17.2 Å². The Labute approximate surface area is 129 Å². The van der Waals surface area contributed by atoms with E-state index in [0.717, 1.165) is 42.3 Å². The van der Waals surface area contributed by atoms with E-state index in [2.05, 4.69) is 15.6 Å². The van der Waals surface area contributed by atoms with Crippen molar-refractivity contribution in [3.63, 3.8) is 0 Å². The number of hydrogen-bond donors (Lipinski definition) is 2. The Kier molecular flexibility index (Phi) is 3.42. The summed E-state index contributed by atoms with van der Waals surface area (Å²) in [4.78, 5) is 16.4. The Morgan fingerprint density at radius 1 is 1.23 bits per heavy atom. The molecule has 1 unspecified atom stereocenters. The number of carbonyl (C=O) groups excluding carboxylic acids is 1. The van der Waals surface area contributed by atoms with Crippen molar-refractivity contribution >= 4 is 11.6 Å². The summed E-state index contributed by atoms with van der Waals surface area (Å²) in [6, 6.07) is 7.65. The van der Waals surface area contributed by atoms with E-state index in [0.29, 0.717) is 5.92 Å². The van der Waals surface area contributed by atoms with Crippen LogP contribution in [0.2, 0.25) is 0 Å². The first kappa shape index (κ1) is 13.5. The molecule has 1 saturated carbocycles. The predicted molar refractivity (Wildman–Crippen MR) is 83.6 cm³/mol. The lowest BCUT2D eigenvalue weighted by atomic mass is 10.1. The maximum Gasteiger partial charge on any atom is 0.241 e. The minimum atomic E-state index is -0.0601. The molecule has 2 aliphatic rings. The third kappa shape index (κ3) is 2.76. The van der Waals surface area contributed by atoms with Gasteiger partial charge in [0.15, 0.2) is 11.7 Å². The van der Waals surface area contributed by atoms with Crippen molar-refractivity contribution in [2.45, 2.75) is 37.6 Å². The van der Waals surface area contributed by atoms with Gasteiger partial charge in [-0.3, -0.25) is 4.79 Å². The van der Waals surface area contributed by atoms with E-state index in [1.807, 2.05) is 24.3 Å². The van der Waals surface area contributed by atoms with Crippen molar-refractivity contribution in [1.82, 2.24) is 10.3 Å². The zero-order chi connectivity index (χ0) is 14.9. The van der Waals surface area contributed by atoms with Crippen molar-refractivity contribution in [3.8, 4) is 11.3 Å². The molecule has 2 fully saturated rings. The van der Waals surface area contributed by atoms with E-state index in [9.17, 15) is 4.79 Å². The lowest BCUT2D eigenvalue weighted by Crippen LogP contribution is -2.35. The van der Waals surface area contributed by atoms with Gasteiger partial charge in [-0.1, -0.05) is 0 Å². The number of nitrogens with zero attached hydrogens (tertiary/aromatic N) is 1. The first-order valence-electron chi connectivity index (χ1n) is 7.90. The van der Waals surface area contributed by atoms with Gasteiger partial charge in [-0.2, -0.15) is 0 Å². The highest BCUT2D eigenvalue weighted by molar-refractivity contribution is 5.95. The van der Waals surface area contributed by atoms with Gasteiger partial charge in [-0.05, 0) is 56.5 Å². The molecule has 5 heteroatoms. The molecule has 1 aromatic heterocycles. The number of oxazole rings is 1. The average molecular weight is 297 g/mol. The Morgan fingerprint density at radius 2 is 2.05 bits per heavy atom. The molecule has 5 nitrogen and oxygen atoms in total. The molecule has 0 bridgehead atoms. The monoisotopic (exact) mass is 297 g/mol. The summed E-state index contributed by atoms with van der Waals surface area (Å²) in [7, 11) is 0. The Balaban J connectivity index is 1.44. The van der Waals surface area contributed by atoms with E-state index < -0.39 is 0 Å². The van der Waals surface area contributed by atoms with Gasteiger partial charge >= 0.3 is 0 Å². The van der Waals surface area contributed by atoms with Gasteiger partial charge in [-0.25, -0.2) is 4.98 Å². The normalized spacial score (nSPS) is 21.0. The maximum absolute atomic E-state index is 12.1. The SMILES string of the molecule is O=C(Nc1ccc(-c2cnc(C3CC3)o2)cc1)C1CCCN1. The smallest absolute Gasteiger partial charge is 0.241 e. The number of anilines is 1. The minimum Gasteiger partial charge on any atom is -0.440 e. The molecule has 1 aliphatic carbocycles. The van der Waals surface area contributed by atoms with Crippen LogP contribution in [-0.4, -0.2) is 23.5 Å². The lowest BCUT2D eigenvalue weighted by molar-refractivity contribution is -0.117. The van der Waals surface area contributed by atoms with Gasteiger partial charge in [0.05, 0.1) is 12.2 Å². The molecule has 1 aliphatic heterocycles. The van der Waals surface area contributed by atoms with Gasteiger partial charge in [-0.15, -0.1) is 0 Å². The summed E-state index contributed by atoms with van der Waals surface area (Å²) in [6.45, 7) is 0.922.